The maximum absolute atomic E-state index is 2.41. The van der Waals surface area contributed by atoms with Crippen LogP contribution in [0.1, 0.15) is 6.42 Å². The van der Waals surface area contributed by atoms with Crippen LogP contribution in [0.2, 0.25) is 0 Å². The molecule has 2 heteroatoms. The number of hydrogen-bond acceptors (Lipinski definition) is 2. The molecule has 0 aromatic carbocycles. The fourth-order valence-electron chi connectivity index (χ4n) is 2.08. The Morgan fingerprint density at radius 3 is 2.36 bits per heavy atom. The van der Waals surface area contributed by atoms with Crippen molar-refractivity contribution in [2.24, 2.45) is 0 Å². The lowest BCUT2D eigenvalue weighted by Crippen LogP contribution is -2.27. The maximum Gasteiger partial charge on any atom is 0.0209 e. The summed E-state index contributed by atoms with van der Waals surface area (Å²) >= 11 is 0. The third-order valence-corrected chi connectivity index (χ3v) is 2.68. The average Bonchev–Trinajstić information content (AvgIpc) is 2.27. The van der Waals surface area contributed by atoms with Crippen molar-refractivity contribution in [3.05, 3.63) is 11.1 Å². The lowest BCUT2D eigenvalue weighted by atomic mass is 10.0. The average molecular weight is 152 g/mol. The predicted octanol–water partition coefficient (Wildman–Crippen LogP) is 0.564. The summed E-state index contributed by atoms with van der Waals surface area (Å²) in [5.41, 5.74) is 3.40. The van der Waals surface area contributed by atoms with Gasteiger partial charge in [-0.25, -0.2) is 0 Å². The van der Waals surface area contributed by atoms with Crippen LogP contribution in [0.25, 0.3) is 0 Å². The fraction of sp³-hybridized carbons (Fsp3) is 0.778. The first kappa shape index (κ1) is 7.32. The second kappa shape index (κ2) is 2.61. The fourth-order valence-corrected chi connectivity index (χ4v) is 2.08. The molecule has 2 heterocycles. The van der Waals surface area contributed by atoms with E-state index in [0.717, 1.165) is 0 Å². The Bertz CT molecular complexity index is 196. The summed E-state index contributed by atoms with van der Waals surface area (Å²) in [6.45, 7) is 4.90. The van der Waals surface area contributed by atoms with Crippen molar-refractivity contribution in [2.45, 2.75) is 6.42 Å². The molecule has 2 aliphatic heterocycles. The molecule has 0 fully saturated rings. The van der Waals surface area contributed by atoms with Gasteiger partial charge in [-0.15, -0.1) is 0 Å². The smallest absolute Gasteiger partial charge is 0.0209 e. The van der Waals surface area contributed by atoms with Crippen LogP contribution in [0.5, 0.6) is 0 Å². The third-order valence-electron chi connectivity index (χ3n) is 2.68. The highest BCUT2D eigenvalue weighted by Gasteiger charge is 2.22. The van der Waals surface area contributed by atoms with Gasteiger partial charge in [0.15, 0.2) is 0 Å². The van der Waals surface area contributed by atoms with Crippen molar-refractivity contribution in [3.8, 4) is 0 Å². The van der Waals surface area contributed by atoms with Gasteiger partial charge in [0.1, 0.15) is 0 Å². The first-order chi connectivity index (χ1) is 5.25. The summed E-state index contributed by atoms with van der Waals surface area (Å²) in [6, 6.07) is 0. The highest BCUT2D eigenvalue weighted by atomic mass is 15.2. The summed E-state index contributed by atoms with van der Waals surface area (Å²) in [4.78, 5) is 4.82. The van der Waals surface area contributed by atoms with E-state index in [4.69, 9.17) is 0 Å². The first-order valence-electron chi connectivity index (χ1n) is 4.32. The first-order valence-corrected chi connectivity index (χ1v) is 4.32. The summed E-state index contributed by atoms with van der Waals surface area (Å²) in [5.74, 6) is 0. The van der Waals surface area contributed by atoms with E-state index in [9.17, 15) is 0 Å². The quantitative estimate of drug-likeness (QED) is 0.468. The van der Waals surface area contributed by atoms with Crippen LogP contribution in [0.3, 0.4) is 0 Å². The Balaban J connectivity index is 2.10. The highest BCUT2D eigenvalue weighted by Crippen LogP contribution is 2.23. The van der Waals surface area contributed by atoms with Gasteiger partial charge >= 0.3 is 0 Å². The summed E-state index contributed by atoms with van der Waals surface area (Å²) in [7, 11) is 4.42. The van der Waals surface area contributed by atoms with E-state index < -0.39 is 0 Å². The highest BCUT2D eigenvalue weighted by molar-refractivity contribution is 5.26. The molecule has 2 aliphatic rings. The number of nitrogens with zero attached hydrogens (tertiary/aromatic N) is 2. The van der Waals surface area contributed by atoms with Gasteiger partial charge in [0.25, 0.3) is 0 Å². The minimum atomic E-state index is 1.21. The van der Waals surface area contributed by atoms with Crippen molar-refractivity contribution in [3.63, 3.8) is 0 Å². The lowest BCUT2D eigenvalue weighted by molar-refractivity contribution is 0.348. The minimum absolute atomic E-state index is 1.21. The Hall–Kier alpha value is -0.340. The molecule has 0 spiro atoms. The zero-order valence-corrected chi connectivity index (χ0v) is 7.43. The third kappa shape index (κ3) is 1.33. The summed E-state index contributed by atoms with van der Waals surface area (Å²) in [5, 5.41) is 0. The van der Waals surface area contributed by atoms with Crippen LogP contribution in [-0.4, -0.2) is 50.1 Å². The van der Waals surface area contributed by atoms with E-state index in [1.54, 1.807) is 11.1 Å². The molecule has 0 bridgehead atoms. The van der Waals surface area contributed by atoms with Crippen LogP contribution in [0.4, 0.5) is 0 Å². The van der Waals surface area contributed by atoms with E-state index in [0.29, 0.717) is 0 Å². The SMILES string of the molecule is CN1CCC2=C(C1)CN(C)C2. The number of hydrogen-bond donors (Lipinski definition) is 0. The van der Waals surface area contributed by atoms with E-state index in [-0.39, 0.29) is 0 Å². The van der Waals surface area contributed by atoms with Crippen molar-refractivity contribution >= 4 is 0 Å². The monoisotopic (exact) mass is 152 g/mol. The van der Waals surface area contributed by atoms with E-state index in [2.05, 4.69) is 23.9 Å². The van der Waals surface area contributed by atoms with Crippen LogP contribution in [-0.2, 0) is 0 Å². The molecule has 2 nitrogen and oxygen atoms in total. The Kier molecular flexibility index (Phi) is 1.74. The van der Waals surface area contributed by atoms with E-state index >= 15 is 0 Å². The molecule has 11 heavy (non-hydrogen) atoms. The standard InChI is InChI=1S/C9H16N2/c1-10-4-3-8-5-11(2)7-9(8)6-10/h3-7H2,1-2H3. The molecule has 0 amide bonds. The Morgan fingerprint density at radius 1 is 0.909 bits per heavy atom. The molecule has 0 aromatic heterocycles. The number of likely N-dealkylation sites (N-methyl/N-ethyl adjacent to an activating group) is 2. The van der Waals surface area contributed by atoms with Crippen LogP contribution < -0.4 is 0 Å². The molecule has 0 unspecified atom stereocenters. The second-order valence-corrected chi connectivity index (χ2v) is 3.87. The van der Waals surface area contributed by atoms with Gasteiger partial charge < -0.3 is 4.90 Å². The van der Waals surface area contributed by atoms with Gasteiger partial charge in [0.2, 0.25) is 0 Å². The molecule has 0 saturated carbocycles. The van der Waals surface area contributed by atoms with Gasteiger partial charge in [-0.2, -0.15) is 0 Å². The topological polar surface area (TPSA) is 6.48 Å². The molecule has 0 aliphatic carbocycles. The van der Waals surface area contributed by atoms with Crippen LogP contribution >= 0.6 is 0 Å². The van der Waals surface area contributed by atoms with Gasteiger partial charge in [-0.1, -0.05) is 5.57 Å². The summed E-state index contributed by atoms with van der Waals surface area (Å²) in [6.07, 6.45) is 1.30. The van der Waals surface area contributed by atoms with Crippen molar-refractivity contribution < 1.29 is 0 Å². The molecule has 2 rings (SSSR count). The van der Waals surface area contributed by atoms with Crippen molar-refractivity contribution in [1.29, 1.82) is 0 Å². The molecule has 0 N–H and O–H groups in total. The van der Waals surface area contributed by atoms with Crippen LogP contribution in [0, 0.1) is 0 Å². The van der Waals surface area contributed by atoms with Crippen molar-refractivity contribution in [2.75, 3.05) is 40.3 Å². The molecule has 0 aromatic rings. The zero-order valence-electron chi connectivity index (χ0n) is 7.43. The lowest BCUT2D eigenvalue weighted by Gasteiger charge is -2.23. The second-order valence-electron chi connectivity index (χ2n) is 3.87. The molecule has 0 atom stereocenters. The molecular formula is C9H16N2. The summed E-state index contributed by atoms with van der Waals surface area (Å²) < 4.78 is 0. The van der Waals surface area contributed by atoms with Gasteiger partial charge in [0.05, 0.1) is 0 Å². The largest absolute Gasteiger partial charge is 0.302 e. The molecular weight excluding hydrogens is 136 g/mol. The van der Waals surface area contributed by atoms with Gasteiger partial charge in [-0.3, -0.25) is 4.90 Å². The number of rotatable bonds is 0. The normalized spacial score (nSPS) is 27.8. The molecule has 0 saturated heterocycles. The van der Waals surface area contributed by atoms with Crippen LogP contribution in [0.15, 0.2) is 11.1 Å². The van der Waals surface area contributed by atoms with Gasteiger partial charge in [-0.05, 0) is 26.1 Å². The zero-order chi connectivity index (χ0) is 7.84. The van der Waals surface area contributed by atoms with Gasteiger partial charge in [0, 0.05) is 26.2 Å². The van der Waals surface area contributed by atoms with Crippen molar-refractivity contribution in [1.82, 2.24) is 9.80 Å². The molecule has 0 radical (unpaired) electrons. The van der Waals surface area contributed by atoms with E-state index in [1.807, 2.05) is 0 Å². The predicted molar refractivity (Wildman–Crippen MR) is 46.6 cm³/mol. The van der Waals surface area contributed by atoms with E-state index in [1.165, 1.54) is 32.6 Å². The Morgan fingerprint density at radius 2 is 1.55 bits per heavy atom. The minimum Gasteiger partial charge on any atom is -0.302 e. The molecule has 62 valence electrons. The Labute approximate surface area is 68.5 Å². The maximum atomic E-state index is 2.41.